The molecule has 0 heterocycles. The summed E-state index contributed by atoms with van der Waals surface area (Å²) >= 11 is 0. The molecule has 0 aliphatic rings. The van der Waals surface area contributed by atoms with Gasteiger partial charge in [-0.3, -0.25) is 0 Å². The van der Waals surface area contributed by atoms with Gasteiger partial charge in [0, 0.05) is 22.7 Å². The maximum atomic E-state index is 10.9. The Morgan fingerprint density at radius 1 is 1.00 bits per heavy atom. The third-order valence-electron chi connectivity index (χ3n) is 2.48. The van der Waals surface area contributed by atoms with E-state index in [4.69, 9.17) is 16.6 Å². The summed E-state index contributed by atoms with van der Waals surface area (Å²) in [6.45, 7) is 0. The smallest absolute Gasteiger partial charge is 0.337 e. The van der Waals surface area contributed by atoms with Crippen LogP contribution in [0.4, 0.5) is 22.7 Å². The van der Waals surface area contributed by atoms with Crippen LogP contribution in [0.2, 0.25) is 0 Å². The third-order valence-corrected chi connectivity index (χ3v) is 2.48. The summed E-state index contributed by atoms with van der Waals surface area (Å²) in [5.41, 5.74) is 13.6. The first-order valence-corrected chi connectivity index (χ1v) is 5.31. The Labute approximate surface area is 104 Å². The van der Waals surface area contributed by atoms with Crippen LogP contribution in [0, 0.1) is 0 Å². The number of carboxylic acid groups (broad SMARTS) is 1. The second kappa shape index (κ2) is 4.67. The number of anilines is 4. The molecule has 2 rings (SSSR count). The molecule has 2 aromatic carbocycles. The van der Waals surface area contributed by atoms with E-state index in [1.54, 1.807) is 24.3 Å². The molecule has 0 unspecified atom stereocenters. The molecule has 0 fully saturated rings. The molecule has 0 spiro atoms. The molecule has 0 bridgehead atoms. The number of nitrogens with two attached hydrogens (primary N) is 2. The lowest BCUT2D eigenvalue weighted by molar-refractivity contribution is 0.0698. The van der Waals surface area contributed by atoms with Gasteiger partial charge >= 0.3 is 5.97 Å². The van der Waals surface area contributed by atoms with Crippen molar-refractivity contribution in [2.75, 3.05) is 16.8 Å². The third kappa shape index (κ3) is 2.52. The Morgan fingerprint density at radius 2 is 1.61 bits per heavy atom. The molecule has 0 aliphatic carbocycles. The van der Waals surface area contributed by atoms with Gasteiger partial charge in [0.2, 0.25) is 0 Å². The maximum absolute atomic E-state index is 10.9. The van der Waals surface area contributed by atoms with E-state index in [0.717, 1.165) is 5.69 Å². The average molecular weight is 243 g/mol. The average Bonchev–Trinajstić information content (AvgIpc) is 2.34. The van der Waals surface area contributed by atoms with E-state index >= 15 is 0 Å². The first kappa shape index (κ1) is 11.8. The number of hydrogen-bond donors (Lipinski definition) is 4. The van der Waals surface area contributed by atoms with Crippen molar-refractivity contribution in [3.63, 3.8) is 0 Å². The van der Waals surface area contributed by atoms with Crippen molar-refractivity contribution in [3.8, 4) is 0 Å². The van der Waals surface area contributed by atoms with Crippen LogP contribution in [0.5, 0.6) is 0 Å². The van der Waals surface area contributed by atoms with Crippen LogP contribution in [0.3, 0.4) is 0 Å². The zero-order chi connectivity index (χ0) is 13.1. The van der Waals surface area contributed by atoms with Crippen LogP contribution in [0.1, 0.15) is 10.4 Å². The van der Waals surface area contributed by atoms with Crippen LogP contribution in [0.15, 0.2) is 42.5 Å². The van der Waals surface area contributed by atoms with Gasteiger partial charge in [0.05, 0.1) is 5.56 Å². The number of hydrogen-bond acceptors (Lipinski definition) is 4. The van der Waals surface area contributed by atoms with E-state index < -0.39 is 5.97 Å². The number of nitrogen functional groups attached to an aromatic ring is 2. The van der Waals surface area contributed by atoms with E-state index in [-0.39, 0.29) is 11.3 Å². The number of benzene rings is 2. The molecular formula is C13H13N3O2. The quantitative estimate of drug-likeness (QED) is 0.619. The van der Waals surface area contributed by atoms with E-state index in [9.17, 15) is 4.79 Å². The molecule has 2 aromatic rings. The minimum absolute atomic E-state index is 0.0791. The van der Waals surface area contributed by atoms with Gasteiger partial charge in [0.25, 0.3) is 0 Å². The predicted molar refractivity (Wildman–Crippen MR) is 72.0 cm³/mol. The van der Waals surface area contributed by atoms with Crippen molar-refractivity contribution in [2.24, 2.45) is 0 Å². The predicted octanol–water partition coefficient (Wildman–Crippen LogP) is 2.29. The fourth-order valence-electron chi connectivity index (χ4n) is 1.55. The van der Waals surface area contributed by atoms with E-state index in [0.29, 0.717) is 11.4 Å². The Kier molecular flexibility index (Phi) is 3.05. The first-order valence-electron chi connectivity index (χ1n) is 5.31. The second-order valence-corrected chi connectivity index (χ2v) is 3.85. The Balaban J connectivity index is 2.27. The molecular weight excluding hydrogens is 230 g/mol. The summed E-state index contributed by atoms with van der Waals surface area (Å²) in [5.74, 6) is -1.05. The normalized spacial score (nSPS) is 10.0. The molecule has 0 saturated carbocycles. The number of rotatable bonds is 3. The lowest BCUT2D eigenvalue weighted by Crippen LogP contribution is -2.03. The molecule has 0 amide bonds. The maximum Gasteiger partial charge on any atom is 0.337 e. The van der Waals surface area contributed by atoms with Crippen molar-refractivity contribution in [3.05, 3.63) is 48.0 Å². The SMILES string of the molecule is Nc1ccc(Nc2ccc(N)c(C(=O)O)c2)cc1. The molecule has 0 saturated heterocycles. The highest BCUT2D eigenvalue weighted by atomic mass is 16.4. The molecule has 5 nitrogen and oxygen atoms in total. The fourth-order valence-corrected chi connectivity index (χ4v) is 1.55. The summed E-state index contributed by atoms with van der Waals surface area (Å²) < 4.78 is 0. The highest BCUT2D eigenvalue weighted by molar-refractivity contribution is 5.95. The Morgan fingerprint density at radius 3 is 2.22 bits per heavy atom. The lowest BCUT2D eigenvalue weighted by Gasteiger charge is -2.09. The molecule has 92 valence electrons. The number of nitrogens with one attached hydrogen (secondary N) is 1. The summed E-state index contributed by atoms with van der Waals surface area (Å²) in [5, 5.41) is 12.0. The summed E-state index contributed by atoms with van der Waals surface area (Å²) in [6, 6.07) is 11.9. The highest BCUT2D eigenvalue weighted by Crippen LogP contribution is 2.22. The standard InChI is InChI=1S/C13H13N3O2/c14-8-1-3-9(4-2-8)16-10-5-6-12(15)11(7-10)13(17)18/h1-7,16H,14-15H2,(H,17,18). The van der Waals surface area contributed by atoms with Crippen molar-refractivity contribution >= 4 is 28.7 Å². The molecule has 5 heteroatoms. The molecule has 0 radical (unpaired) electrons. The zero-order valence-electron chi connectivity index (χ0n) is 9.55. The first-order chi connectivity index (χ1) is 8.56. The van der Waals surface area contributed by atoms with E-state index in [1.165, 1.54) is 6.07 Å². The van der Waals surface area contributed by atoms with Gasteiger partial charge in [-0.1, -0.05) is 0 Å². The van der Waals surface area contributed by atoms with Crippen molar-refractivity contribution in [1.29, 1.82) is 0 Å². The van der Waals surface area contributed by atoms with Gasteiger partial charge in [-0.2, -0.15) is 0 Å². The lowest BCUT2D eigenvalue weighted by atomic mass is 10.1. The Bertz CT molecular complexity index is 579. The molecule has 0 aliphatic heterocycles. The monoisotopic (exact) mass is 243 g/mol. The van der Waals surface area contributed by atoms with Gasteiger partial charge in [-0.15, -0.1) is 0 Å². The fraction of sp³-hybridized carbons (Fsp3) is 0. The largest absolute Gasteiger partial charge is 0.478 e. The van der Waals surface area contributed by atoms with Gasteiger partial charge in [-0.25, -0.2) is 4.79 Å². The number of carbonyl (C=O) groups is 1. The van der Waals surface area contributed by atoms with E-state index in [1.807, 2.05) is 12.1 Å². The minimum Gasteiger partial charge on any atom is -0.478 e. The van der Waals surface area contributed by atoms with Crippen molar-refractivity contribution in [2.45, 2.75) is 0 Å². The highest BCUT2D eigenvalue weighted by Gasteiger charge is 2.08. The van der Waals surface area contributed by atoms with Crippen LogP contribution >= 0.6 is 0 Å². The van der Waals surface area contributed by atoms with Crippen molar-refractivity contribution in [1.82, 2.24) is 0 Å². The second-order valence-electron chi connectivity index (χ2n) is 3.85. The van der Waals surface area contributed by atoms with Crippen LogP contribution in [-0.2, 0) is 0 Å². The molecule has 6 N–H and O–H groups in total. The topological polar surface area (TPSA) is 101 Å². The van der Waals surface area contributed by atoms with Gasteiger partial charge in [-0.05, 0) is 42.5 Å². The molecule has 0 atom stereocenters. The van der Waals surface area contributed by atoms with Crippen LogP contribution in [-0.4, -0.2) is 11.1 Å². The molecule has 0 aromatic heterocycles. The van der Waals surface area contributed by atoms with E-state index in [2.05, 4.69) is 5.32 Å². The van der Waals surface area contributed by atoms with Crippen LogP contribution in [0.25, 0.3) is 0 Å². The summed E-state index contributed by atoms with van der Waals surface area (Å²) in [6.07, 6.45) is 0. The van der Waals surface area contributed by atoms with Gasteiger partial charge in [0.15, 0.2) is 0 Å². The number of carboxylic acids is 1. The number of aromatic carboxylic acids is 1. The summed E-state index contributed by atoms with van der Waals surface area (Å²) in [4.78, 5) is 10.9. The zero-order valence-corrected chi connectivity index (χ0v) is 9.55. The van der Waals surface area contributed by atoms with Crippen LogP contribution < -0.4 is 16.8 Å². The van der Waals surface area contributed by atoms with Crippen molar-refractivity contribution < 1.29 is 9.90 Å². The summed E-state index contributed by atoms with van der Waals surface area (Å²) in [7, 11) is 0. The van der Waals surface area contributed by atoms with Gasteiger partial charge < -0.3 is 21.9 Å². The Hall–Kier alpha value is -2.69. The minimum atomic E-state index is -1.05. The molecule has 18 heavy (non-hydrogen) atoms. The van der Waals surface area contributed by atoms with Gasteiger partial charge in [0.1, 0.15) is 0 Å².